The van der Waals surface area contributed by atoms with Gasteiger partial charge in [-0.1, -0.05) is 0 Å². The smallest absolute Gasteiger partial charge is 0.0220 e. The van der Waals surface area contributed by atoms with Crippen LogP contribution in [-0.2, 0) is 0 Å². The van der Waals surface area contributed by atoms with Crippen LogP contribution in [-0.4, -0.2) is 37.1 Å². The predicted octanol–water partition coefficient (Wildman–Crippen LogP) is 1.25. The van der Waals surface area contributed by atoms with E-state index in [4.69, 9.17) is 0 Å². The van der Waals surface area contributed by atoms with E-state index in [0.29, 0.717) is 0 Å². The fourth-order valence-electron chi connectivity index (χ4n) is 1.96. The van der Waals surface area contributed by atoms with Crippen LogP contribution in [0.25, 0.3) is 0 Å². The minimum Gasteiger partial charge on any atom is -0.315 e. The lowest BCUT2D eigenvalue weighted by Gasteiger charge is -2.31. The minimum absolute atomic E-state index is 0. The van der Waals surface area contributed by atoms with E-state index in [-0.39, 0.29) is 12.4 Å². The van der Waals surface area contributed by atoms with Gasteiger partial charge < -0.3 is 5.32 Å². The Balaban J connectivity index is 0.000000720. The highest BCUT2D eigenvalue weighted by Crippen LogP contribution is 2.28. The number of nitrogens with zero attached hydrogens (tertiary/aromatic N) is 1. The Morgan fingerprint density at radius 1 is 1.17 bits per heavy atom. The summed E-state index contributed by atoms with van der Waals surface area (Å²) in [6, 6.07) is 1.76. The maximum atomic E-state index is 3.46. The fourth-order valence-corrected chi connectivity index (χ4v) is 1.96. The molecule has 0 spiro atoms. The molecule has 2 nitrogen and oxygen atoms in total. The Morgan fingerprint density at radius 2 is 1.92 bits per heavy atom. The van der Waals surface area contributed by atoms with Crippen LogP contribution in [0.4, 0.5) is 0 Å². The third-order valence-electron chi connectivity index (χ3n) is 2.97. The van der Waals surface area contributed by atoms with Crippen molar-refractivity contribution in [3.8, 4) is 0 Å². The molecule has 2 rings (SSSR count). The van der Waals surface area contributed by atoms with Gasteiger partial charge in [-0.15, -0.1) is 12.4 Å². The lowest BCUT2D eigenvalue weighted by Crippen LogP contribution is -2.44. The summed E-state index contributed by atoms with van der Waals surface area (Å²) in [5.41, 5.74) is 0. The highest BCUT2D eigenvalue weighted by Gasteiger charge is 2.31. The molecule has 0 radical (unpaired) electrons. The zero-order valence-corrected chi connectivity index (χ0v) is 8.57. The lowest BCUT2D eigenvalue weighted by atomic mass is 10.1. The topological polar surface area (TPSA) is 15.3 Å². The first-order chi connectivity index (χ1) is 5.38. The van der Waals surface area contributed by atoms with E-state index in [1.807, 2.05) is 0 Å². The normalized spacial score (nSPS) is 30.0. The van der Waals surface area contributed by atoms with Crippen LogP contribution >= 0.6 is 12.4 Å². The maximum Gasteiger partial charge on any atom is 0.0220 e. The van der Waals surface area contributed by atoms with E-state index in [9.17, 15) is 0 Å². The Hall–Kier alpha value is 0.210. The van der Waals surface area contributed by atoms with Crippen molar-refractivity contribution in [1.82, 2.24) is 10.2 Å². The van der Waals surface area contributed by atoms with Crippen molar-refractivity contribution in [2.45, 2.75) is 37.8 Å². The van der Waals surface area contributed by atoms with Crippen molar-refractivity contribution in [3.63, 3.8) is 0 Å². The van der Waals surface area contributed by atoms with Gasteiger partial charge in [-0.05, 0) is 39.3 Å². The molecule has 1 atom stereocenters. The summed E-state index contributed by atoms with van der Waals surface area (Å²) in [4.78, 5) is 2.58. The van der Waals surface area contributed by atoms with Gasteiger partial charge in [-0.25, -0.2) is 0 Å². The van der Waals surface area contributed by atoms with Gasteiger partial charge in [0.05, 0.1) is 0 Å². The molecule has 12 heavy (non-hydrogen) atoms. The number of hydrogen-bond acceptors (Lipinski definition) is 2. The molecule has 1 N–H and O–H groups in total. The largest absolute Gasteiger partial charge is 0.315 e. The molecule has 1 heterocycles. The van der Waals surface area contributed by atoms with Gasteiger partial charge in [0.2, 0.25) is 0 Å². The van der Waals surface area contributed by atoms with Crippen LogP contribution < -0.4 is 5.32 Å². The fraction of sp³-hybridized carbons (Fsp3) is 1.00. The Morgan fingerprint density at radius 3 is 2.42 bits per heavy atom. The molecule has 2 fully saturated rings. The van der Waals surface area contributed by atoms with E-state index >= 15 is 0 Å². The third kappa shape index (κ3) is 2.35. The number of likely N-dealkylation sites (N-methyl/N-ethyl adjacent to an activating group) is 1. The molecule has 0 aromatic carbocycles. The van der Waals surface area contributed by atoms with Gasteiger partial charge in [-0.2, -0.15) is 0 Å². The molecule has 1 aliphatic heterocycles. The number of halogens is 1. The molecule has 72 valence electrons. The van der Waals surface area contributed by atoms with Crippen LogP contribution in [0, 0.1) is 0 Å². The van der Waals surface area contributed by atoms with Crippen molar-refractivity contribution in [1.29, 1.82) is 0 Å². The van der Waals surface area contributed by atoms with Crippen molar-refractivity contribution in [2.75, 3.05) is 20.1 Å². The summed E-state index contributed by atoms with van der Waals surface area (Å²) in [5, 5.41) is 3.46. The highest BCUT2D eigenvalue weighted by molar-refractivity contribution is 5.85. The number of rotatable bonds is 2. The zero-order chi connectivity index (χ0) is 7.68. The second-order valence-corrected chi connectivity index (χ2v) is 3.90. The first-order valence-electron chi connectivity index (χ1n) is 4.80. The molecule has 0 aromatic rings. The average Bonchev–Trinajstić information content (AvgIpc) is 2.87. The molecule has 3 heteroatoms. The Bertz CT molecular complexity index is 130. The molecule has 0 bridgehead atoms. The van der Waals surface area contributed by atoms with Crippen LogP contribution in [0.15, 0.2) is 0 Å². The number of hydrogen-bond donors (Lipinski definition) is 1. The summed E-state index contributed by atoms with van der Waals surface area (Å²) >= 11 is 0. The quantitative estimate of drug-likeness (QED) is 0.706. The third-order valence-corrected chi connectivity index (χ3v) is 2.97. The molecular weight excluding hydrogens is 172 g/mol. The molecule has 0 amide bonds. The first-order valence-corrected chi connectivity index (χ1v) is 4.80. The van der Waals surface area contributed by atoms with Gasteiger partial charge in [0.15, 0.2) is 0 Å². The molecule has 1 saturated heterocycles. The highest BCUT2D eigenvalue weighted by atomic mass is 35.5. The molecular formula is C9H19ClN2. The lowest BCUT2D eigenvalue weighted by molar-refractivity contribution is 0.195. The SMILES string of the molecule is CN(C1CC1)C1CCCNC1.Cl. The summed E-state index contributed by atoms with van der Waals surface area (Å²) < 4.78 is 0. The standard InChI is InChI=1S/C9H18N2.ClH/c1-11(8-4-5-8)9-3-2-6-10-7-9;/h8-10H,2-7H2,1H3;1H. The van der Waals surface area contributed by atoms with Crippen LogP contribution in [0.3, 0.4) is 0 Å². The molecule has 1 saturated carbocycles. The van der Waals surface area contributed by atoms with Gasteiger partial charge in [-0.3, -0.25) is 4.90 Å². The first kappa shape index (κ1) is 10.3. The van der Waals surface area contributed by atoms with Gasteiger partial charge >= 0.3 is 0 Å². The molecule has 1 aliphatic carbocycles. The van der Waals surface area contributed by atoms with E-state index in [0.717, 1.165) is 12.1 Å². The zero-order valence-electron chi connectivity index (χ0n) is 7.75. The summed E-state index contributed by atoms with van der Waals surface area (Å²) in [6.07, 6.45) is 5.64. The Kier molecular flexibility index (Phi) is 3.81. The van der Waals surface area contributed by atoms with Crippen molar-refractivity contribution >= 4 is 12.4 Å². The van der Waals surface area contributed by atoms with E-state index in [1.54, 1.807) is 0 Å². The average molecular weight is 191 g/mol. The minimum atomic E-state index is 0. The number of nitrogens with one attached hydrogen (secondary N) is 1. The summed E-state index contributed by atoms with van der Waals surface area (Å²) in [7, 11) is 2.29. The van der Waals surface area contributed by atoms with E-state index in [1.165, 1.54) is 38.8 Å². The van der Waals surface area contributed by atoms with Gasteiger partial charge in [0, 0.05) is 18.6 Å². The summed E-state index contributed by atoms with van der Waals surface area (Å²) in [5.74, 6) is 0. The van der Waals surface area contributed by atoms with Gasteiger partial charge in [0.25, 0.3) is 0 Å². The van der Waals surface area contributed by atoms with Crippen LogP contribution in [0.1, 0.15) is 25.7 Å². The van der Waals surface area contributed by atoms with Crippen molar-refractivity contribution in [2.24, 2.45) is 0 Å². The van der Waals surface area contributed by atoms with Crippen molar-refractivity contribution in [3.05, 3.63) is 0 Å². The summed E-state index contributed by atoms with van der Waals surface area (Å²) in [6.45, 7) is 2.45. The van der Waals surface area contributed by atoms with Crippen LogP contribution in [0.5, 0.6) is 0 Å². The second-order valence-electron chi connectivity index (χ2n) is 3.90. The van der Waals surface area contributed by atoms with Crippen LogP contribution in [0.2, 0.25) is 0 Å². The monoisotopic (exact) mass is 190 g/mol. The van der Waals surface area contributed by atoms with E-state index in [2.05, 4.69) is 17.3 Å². The number of piperidine rings is 1. The Labute approximate surface area is 81.1 Å². The molecule has 1 unspecified atom stereocenters. The molecule has 0 aromatic heterocycles. The predicted molar refractivity (Wildman–Crippen MR) is 53.9 cm³/mol. The van der Waals surface area contributed by atoms with Crippen molar-refractivity contribution < 1.29 is 0 Å². The second kappa shape index (κ2) is 4.45. The molecule has 2 aliphatic rings. The van der Waals surface area contributed by atoms with Gasteiger partial charge in [0.1, 0.15) is 0 Å². The maximum absolute atomic E-state index is 3.46. The van der Waals surface area contributed by atoms with E-state index < -0.39 is 0 Å².